The molecule has 0 spiro atoms. The molecule has 0 radical (unpaired) electrons. The average molecular weight is 791 g/mol. The van der Waals surface area contributed by atoms with Crippen molar-refractivity contribution >= 4 is 22.1 Å². The van der Waals surface area contributed by atoms with Crippen LogP contribution in [0, 0.1) is 0 Å². The number of hydrogen-bond acceptors (Lipinski definition) is 11. The highest BCUT2D eigenvalue weighted by Gasteiger charge is 2.46. The molecule has 0 saturated carbocycles. The van der Waals surface area contributed by atoms with Crippen molar-refractivity contribution in [1.82, 2.24) is 0 Å². The normalized spacial score (nSPS) is 21.2. The van der Waals surface area contributed by atoms with Crippen LogP contribution in [0.2, 0.25) is 0 Å². The fourth-order valence-corrected chi connectivity index (χ4v) is 6.87. The SMILES string of the molecule is CCCC/C=C/CCCCCCCC(=O)OC[C@H](CO[C@H]1O[C@H](CS(=O)(=O)O)[C@@H](O)C(O)C1O)OC(=O)CCCCCCCCC/C=C/CCCCCC. The summed E-state index contributed by atoms with van der Waals surface area (Å²) in [4.78, 5) is 25.3. The van der Waals surface area contributed by atoms with E-state index in [9.17, 15) is 37.9 Å². The topological polar surface area (TPSA) is 186 Å². The monoisotopic (exact) mass is 790 g/mol. The van der Waals surface area contributed by atoms with Gasteiger partial charge in [0.15, 0.2) is 12.4 Å². The Morgan fingerprint density at radius 2 is 1.07 bits per heavy atom. The van der Waals surface area contributed by atoms with E-state index in [2.05, 4.69) is 38.2 Å². The maximum Gasteiger partial charge on any atom is 0.306 e. The standard InChI is InChI=1S/C41H74O12S/c1-3-5-7-9-11-13-15-16-17-18-20-22-24-26-28-30-37(43)52-34(31-50-36(42)29-27-25-23-21-19-14-12-10-8-6-4-2)32-51-41-40(46)39(45)38(44)35(53-41)33-54(47,48)49/h10,12-13,15,34-35,38-41,44-46H,3-9,11,14,16-33H2,1-2H3,(H,47,48,49)/b12-10+,15-13+/t34-,35-,38-,39?,40?,41+/m1/s1. The van der Waals surface area contributed by atoms with Crippen molar-refractivity contribution in [2.24, 2.45) is 0 Å². The lowest BCUT2D eigenvalue weighted by atomic mass is 10.00. The van der Waals surface area contributed by atoms with Gasteiger partial charge in [0.25, 0.3) is 10.1 Å². The van der Waals surface area contributed by atoms with Crippen LogP contribution in [0.4, 0.5) is 0 Å². The number of rotatable bonds is 34. The van der Waals surface area contributed by atoms with Crippen molar-refractivity contribution in [3.63, 3.8) is 0 Å². The molecule has 2 unspecified atom stereocenters. The number of unbranched alkanes of at least 4 members (excludes halogenated alkanes) is 18. The predicted molar refractivity (Wildman–Crippen MR) is 210 cm³/mol. The van der Waals surface area contributed by atoms with E-state index in [0.29, 0.717) is 12.8 Å². The van der Waals surface area contributed by atoms with Crippen molar-refractivity contribution in [3.8, 4) is 0 Å². The third kappa shape index (κ3) is 26.9. The molecule has 0 bridgehead atoms. The van der Waals surface area contributed by atoms with Crippen molar-refractivity contribution in [3.05, 3.63) is 24.3 Å². The van der Waals surface area contributed by atoms with E-state index in [-0.39, 0.29) is 19.4 Å². The van der Waals surface area contributed by atoms with E-state index in [4.69, 9.17) is 18.9 Å². The average Bonchev–Trinajstić information content (AvgIpc) is 3.13. The highest BCUT2D eigenvalue weighted by atomic mass is 32.2. The second kappa shape index (κ2) is 32.2. The van der Waals surface area contributed by atoms with Crippen LogP contribution < -0.4 is 0 Å². The molecule has 316 valence electrons. The Balaban J connectivity index is 2.49. The van der Waals surface area contributed by atoms with Gasteiger partial charge in [0.1, 0.15) is 36.8 Å². The van der Waals surface area contributed by atoms with Gasteiger partial charge in [0, 0.05) is 12.8 Å². The third-order valence-corrected chi connectivity index (χ3v) is 10.3. The van der Waals surface area contributed by atoms with Crippen molar-refractivity contribution < 1.29 is 56.8 Å². The summed E-state index contributed by atoms with van der Waals surface area (Å²) >= 11 is 0. The lowest BCUT2D eigenvalue weighted by molar-refractivity contribution is -0.297. The molecule has 0 amide bonds. The number of aliphatic hydroxyl groups is 3. The zero-order valence-corrected chi connectivity index (χ0v) is 34.1. The highest BCUT2D eigenvalue weighted by Crippen LogP contribution is 2.24. The van der Waals surface area contributed by atoms with Crippen LogP contribution >= 0.6 is 0 Å². The summed E-state index contributed by atoms with van der Waals surface area (Å²) in [5, 5.41) is 30.8. The van der Waals surface area contributed by atoms with Gasteiger partial charge in [0.2, 0.25) is 0 Å². The van der Waals surface area contributed by atoms with Crippen LogP contribution in [0.3, 0.4) is 0 Å². The summed E-state index contributed by atoms with van der Waals surface area (Å²) in [5.41, 5.74) is 0. The molecule has 6 atom stereocenters. The summed E-state index contributed by atoms with van der Waals surface area (Å²) in [6.45, 7) is 3.68. The number of hydrogen-bond donors (Lipinski definition) is 4. The van der Waals surface area contributed by atoms with Gasteiger partial charge in [-0.3, -0.25) is 14.1 Å². The molecule has 1 saturated heterocycles. The minimum absolute atomic E-state index is 0.159. The minimum atomic E-state index is -4.60. The molecule has 0 aromatic rings. The lowest BCUT2D eigenvalue weighted by Gasteiger charge is -2.40. The summed E-state index contributed by atoms with van der Waals surface area (Å²) in [6, 6.07) is 0. The maximum absolute atomic E-state index is 12.8. The van der Waals surface area contributed by atoms with Crippen LogP contribution in [0.5, 0.6) is 0 Å². The highest BCUT2D eigenvalue weighted by molar-refractivity contribution is 7.85. The first-order valence-corrected chi connectivity index (χ1v) is 22.5. The summed E-state index contributed by atoms with van der Waals surface area (Å²) in [7, 11) is -4.60. The lowest BCUT2D eigenvalue weighted by Crippen LogP contribution is -2.60. The van der Waals surface area contributed by atoms with Gasteiger partial charge in [0.05, 0.1) is 6.61 Å². The molecule has 1 rings (SSSR count). The Morgan fingerprint density at radius 3 is 1.59 bits per heavy atom. The Bertz CT molecular complexity index is 1110. The molecular formula is C41H74O12S. The van der Waals surface area contributed by atoms with Gasteiger partial charge in [-0.25, -0.2) is 0 Å². The zero-order chi connectivity index (χ0) is 39.9. The molecule has 1 aliphatic rings. The van der Waals surface area contributed by atoms with Gasteiger partial charge in [-0.05, 0) is 57.8 Å². The second-order valence-corrected chi connectivity index (χ2v) is 16.1. The Kier molecular flexibility index (Phi) is 29.9. The molecule has 1 heterocycles. The van der Waals surface area contributed by atoms with Crippen molar-refractivity contribution in [2.45, 2.75) is 205 Å². The van der Waals surface area contributed by atoms with Crippen LogP contribution in [-0.2, 0) is 38.7 Å². The molecule has 54 heavy (non-hydrogen) atoms. The molecule has 12 nitrogen and oxygen atoms in total. The van der Waals surface area contributed by atoms with E-state index in [1.54, 1.807) is 0 Å². The first kappa shape index (κ1) is 50.1. The van der Waals surface area contributed by atoms with E-state index < -0.39 is 71.2 Å². The van der Waals surface area contributed by atoms with E-state index in [1.165, 1.54) is 57.8 Å². The number of esters is 2. The van der Waals surface area contributed by atoms with Crippen LogP contribution in [-0.4, -0.2) is 96.0 Å². The Morgan fingerprint density at radius 1 is 0.611 bits per heavy atom. The zero-order valence-electron chi connectivity index (χ0n) is 33.3. The quantitative estimate of drug-likeness (QED) is 0.0216. The largest absolute Gasteiger partial charge is 0.462 e. The van der Waals surface area contributed by atoms with E-state index in [1.807, 2.05) is 0 Å². The fraction of sp³-hybridized carbons (Fsp3) is 0.854. The number of carbonyl (C=O) groups is 2. The smallest absolute Gasteiger partial charge is 0.306 e. The number of ether oxygens (including phenoxy) is 4. The van der Waals surface area contributed by atoms with Gasteiger partial charge in [-0.2, -0.15) is 8.42 Å². The number of allylic oxidation sites excluding steroid dienone is 4. The number of carbonyl (C=O) groups excluding carboxylic acids is 2. The number of aliphatic hydroxyl groups excluding tert-OH is 3. The third-order valence-electron chi connectivity index (χ3n) is 9.50. The Labute approximate surface area is 326 Å². The molecule has 13 heteroatoms. The molecular weight excluding hydrogens is 717 g/mol. The second-order valence-electron chi connectivity index (χ2n) is 14.6. The van der Waals surface area contributed by atoms with Crippen LogP contribution in [0.1, 0.15) is 168 Å². The molecule has 0 aromatic carbocycles. The summed E-state index contributed by atoms with van der Waals surface area (Å²) in [5.74, 6) is -2.00. The van der Waals surface area contributed by atoms with Crippen molar-refractivity contribution in [1.29, 1.82) is 0 Å². The predicted octanol–water partition coefficient (Wildman–Crippen LogP) is 7.67. The fourth-order valence-electron chi connectivity index (χ4n) is 6.18. The van der Waals surface area contributed by atoms with Gasteiger partial charge < -0.3 is 34.3 Å². The van der Waals surface area contributed by atoms with Gasteiger partial charge >= 0.3 is 11.9 Å². The van der Waals surface area contributed by atoms with Crippen LogP contribution in [0.15, 0.2) is 24.3 Å². The first-order valence-electron chi connectivity index (χ1n) is 20.9. The first-order chi connectivity index (χ1) is 26.0. The molecule has 0 aliphatic carbocycles. The van der Waals surface area contributed by atoms with Crippen LogP contribution in [0.25, 0.3) is 0 Å². The summed E-state index contributed by atoms with van der Waals surface area (Å²) < 4.78 is 53.9. The molecule has 1 fully saturated rings. The molecule has 1 aliphatic heterocycles. The minimum Gasteiger partial charge on any atom is -0.462 e. The molecule has 0 aromatic heterocycles. The Hall–Kier alpha value is -1.87. The van der Waals surface area contributed by atoms with Crippen molar-refractivity contribution in [2.75, 3.05) is 19.0 Å². The molecule has 4 N–H and O–H groups in total. The maximum atomic E-state index is 12.8. The van der Waals surface area contributed by atoms with E-state index >= 15 is 0 Å². The van der Waals surface area contributed by atoms with E-state index in [0.717, 1.165) is 70.6 Å². The van der Waals surface area contributed by atoms with Gasteiger partial charge in [-0.15, -0.1) is 0 Å². The summed E-state index contributed by atoms with van der Waals surface area (Å²) in [6.07, 6.45) is 23.7. The van der Waals surface area contributed by atoms with Gasteiger partial charge in [-0.1, -0.05) is 122 Å².